The van der Waals surface area contributed by atoms with E-state index in [0.717, 1.165) is 37.6 Å². The minimum absolute atomic E-state index is 0. The summed E-state index contributed by atoms with van der Waals surface area (Å²) in [4.78, 5) is 7.01. The molecule has 2 aliphatic carbocycles. The summed E-state index contributed by atoms with van der Waals surface area (Å²) in [5.41, 5.74) is 2.59. The van der Waals surface area contributed by atoms with Gasteiger partial charge < -0.3 is 10.6 Å². The summed E-state index contributed by atoms with van der Waals surface area (Å²) in [5.74, 6) is 1.88. The van der Waals surface area contributed by atoms with Gasteiger partial charge in [-0.25, -0.2) is 0 Å². The number of hydrogen-bond donors (Lipinski definition) is 2. The number of halogens is 1. The second kappa shape index (κ2) is 9.61. The first-order valence-electron chi connectivity index (χ1n) is 8.98. The number of aryl methyl sites for hydroxylation is 1. The van der Waals surface area contributed by atoms with Crippen LogP contribution < -0.4 is 10.6 Å². The fourth-order valence-electron chi connectivity index (χ4n) is 3.04. The molecule has 0 amide bonds. The standard InChI is InChI=1S/C19H30N4.HI/c1-15-4-3-5-17(12-15)13-22-19(20-2)21-10-11-23(18-8-9-18)14-16-6-7-16;/h3-5,12,16,18H,6-11,13-14H2,1-2H3,(H2,20,21,22);1H. The Bertz CT molecular complexity index is 538. The lowest BCUT2D eigenvalue weighted by atomic mass is 10.1. The second-order valence-corrected chi connectivity index (χ2v) is 7.01. The lowest BCUT2D eigenvalue weighted by Crippen LogP contribution is -2.42. The van der Waals surface area contributed by atoms with E-state index in [4.69, 9.17) is 0 Å². The summed E-state index contributed by atoms with van der Waals surface area (Å²) in [6.07, 6.45) is 5.67. The highest BCUT2D eigenvalue weighted by atomic mass is 127. The molecule has 0 atom stereocenters. The topological polar surface area (TPSA) is 39.7 Å². The Morgan fingerprint density at radius 3 is 2.62 bits per heavy atom. The predicted octanol–water partition coefficient (Wildman–Crippen LogP) is 3.15. The van der Waals surface area contributed by atoms with Crippen LogP contribution in [0.4, 0.5) is 0 Å². The normalized spacial score (nSPS) is 17.5. The van der Waals surface area contributed by atoms with Crippen molar-refractivity contribution in [1.82, 2.24) is 15.5 Å². The van der Waals surface area contributed by atoms with Gasteiger partial charge in [0.1, 0.15) is 0 Å². The molecule has 24 heavy (non-hydrogen) atoms. The van der Waals surface area contributed by atoms with Crippen LogP contribution in [0.5, 0.6) is 0 Å². The molecule has 134 valence electrons. The van der Waals surface area contributed by atoms with Crippen LogP contribution in [0.2, 0.25) is 0 Å². The molecular weight excluding hydrogens is 411 g/mol. The molecule has 2 fully saturated rings. The van der Waals surface area contributed by atoms with E-state index < -0.39 is 0 Å². The molecule has 0 saturated heterocycles. The van der Waals surface area contributed by atoms with Gasteiger partial charge in [0.25, 0.3) is 0 Å². The van der Waals surface area contributed by atoms with Gasteiger partial charge in [-0.3, -0.25) is 9.89 Å². The molecule has 1 aromatic carbocycles. The molecule has 0 bridgehead atoms. The molecule has 4 nitrogen and oxygen atoms in total. The highest BCUT2D eigenvalue weighted by Gasteiger charge is 2.33. The zero-order valence-corrected chi connectivity index (χ0v) is 17.3. The zero-order valence-electron chi connectivity index (χ0n) is 14.9. The van der Waals surface area contributed by atoms with Crippen molar-refractivity contribution in [3.63, 3.8) is 0 Å². The molecule has 2 aliphatic rings. The molecule has 0 radical (unpaired) electrons. The summed E-state index contributed by atoms with van der Waals surface area (Å²) < 4.78 is 0. The molecule has 0 heterocycles. The molecule has 2 N–H and O–H groups in total. The highest BCUT2D eigenvalue weighted by molar-refractivity contribution is 14.0. The van der Waals surface area contributed by atoms with Crippen LogP contribution in [0.1, 0.15) is 36.8 Å². The zero-order chi connectivity index (χ0) is 16.1. The molecule has 1 aromatic rings. The molecule has 0 aliphatic heterocycles. The maximum Gasteiger partial charge on any atom is 0.191 e. The summed E-state index contributed by atoms with van der Waals surface area (Å²) in [6.45, 7) is 6.35. The summed E-state index contributed by atoms with van der Waals surface area (Å²) >= 11 is 0. The van der Waals surface area contributed by atoms with Crippen molar-refractivity contribution in [2.45, 2.75) is 45.2 Å². The maximum atomic E-state index is 4.33. The Morgan fingerprint density at radius 2 is 2.00 bits per heavy atom. The lowest BCUT2D eigenvalue weighted by Gasteiger charge is -2.22. The smallest absolute Gasteiger partial charge is 0.191 e. The lowest BCUT2D eigenvalue weighted by molar-refractivity contribution is 0.256. The fourth-order valence-corrected chi connectivity index (χ4v) is 3.04. The Balaban J connectivity index is 0.00000208. The number of rotatable bonds is 8. The van der Waals surface area contributed by atoms with Gasteiger partial charge in [-0.1, -0.05) is 29.8 Å². The van der Waals surface area contributed by atoms with E-state index >= 15 is 0 Å². The largest absolute Gasteiger partial charge is 0.355 e. The summed E-state index contributed by atoms with van der Waals surface area (Å²) in [6, 6.07) is 9.46. The number of nitrogens with zero attached hydrogens (tertiary/aromatic N) is 2. The molecular formula is C19H31IN4. The maximum absolute atomic E-state index is 4.33. The van der Waals surface area contributed by atoms with Crippen molar-refractivity contribution < 1.29 is 0 Å². The van der Waals surface area contributed by atoms with Crippen LogP contribution in [0.3, 0.4) is 0 Å². The first kappa shape index (κ1) is 19.5. The molecule has 3 rings (SSSR count). The number of hydrogen-bond acceptors (Lipinski definition) is 2. The van der Waals surface area contributed by atoms with Crippen LogP contribution in [0, 0.1) is 12.8 Å². The second-order valence-electron chi connectivity index (χ2n) is 7.01. The van der Waals surface area contributed by atoms with Gasteiger partial charge in [0.05, 0.1) is 0 Å². The number of benzene rings is 1. The summed E-state index contributed by atoms with van der Waals surface area (Å²) in [7, 11) is 1.84. The highest BCUT2D eigenvalue weighted by Crippen LogP contribution is 2.34. The quantitative estimate of drug-likeness (QED) is 0.369. The van der Waals surface area contributed by atoms with Gasteiger partial charge in [0, 0.05) is 39.3 Å². The predicted molar refractivity (Wildman–Crippen MR) is 112 cm³/mol. The molecule has 2 saturated carbocycles. The van der Waals surface area contributed by atoms with Crippen LogP contribution in [-0.4, -0.2) is 43.6 Å². The van der Waals surface area contributed by atoms with E-state index in [1.165, 1.54) is 43.4 Å². The number of aliphatic imine (C=N–C) groups is 1. The van der Waals surface area contributed by atoms with Crippen molar-refractivity contribution in [3.8, 4) is 0 Å². The average molecular weight is 442 g/mol. The Hall–Kier alpha value is -0.820. The van der Waals surface area contributed by atoms with Crippen molar-refractivity contribution in [2.24, 2.45) is 10.9 Å². The SMILES string of the molecule is CN=C(NCCN(CC1CC1)C1CC1)NCc1cccc(C)c1.I. The molecule has 0 spiro atoms. The van der Waals surface area contributed by atoms with E-state index in [1.807, 2.05) is 7.05 Å². The van der Waals surface area contributed by atoms with E-state index in [-0.39, 0.29) is 24.0 Å². The Labute approximate surface area is 163 Å². The fraction of sp³-hybridized carbons (Fsp3) is 0.632. The van der Waals surface area contributed by atoms with E-state index in [2.05, 4.69) is 51.7 Å². The monoisotopic (exact) mass is 442 g/mol. The van der Waals surface area contributed by atoms with Crippen molar-refractivity contribution in [2.75, 3.05) is 26.7 Å². The Morgan fingerprint density at radius 1 is 1.21 bits per heavy atom. The van der Waals surface area contributed by atoms with Crippen LogP contribution in [-0.2, 0) is 6.54 Å². The van der Waals surface area contributed by atoms with Gasteiger partial charge >= 0.3 is 0 Å². The van der Waals surface area contributed by atoms with Crippen molar-refractivity contribution in [3.05, 3.63) is 35.4 Å². The van der Waals surface area contributed by atoms with Gasteiger partial charge in [-0.2, -0.15) is 0 Å². The van der Waals surface area contributed by atoms with E-state index in [0.29, 0.717) is 0 Å². The minimum Gasteiger partial charge on any atom is -0.355 e. The number of nitrogens with one attached hydrogen (secondary N) is 2. The number of guanidine groups is 1. The van der Waals surface area contributed by atoms with Gasteiger partial charge in [-0.15, -0.1) is 24.0 Å². The molecule has 0 aromatic heterocycles. The minimum atomic E-state index is 0. The molecule has 5 heteroatoms. The third kappa shape index (κ3) is 6.59. The first-order valence-corrected chi connectivity index (χ1v) is 8.98. The summed E-state index contributed by atoms with van der Waals surface area (Å²) in [5, 5.41) is 6.86. The van der Waals surface area contributed by atoms with Crippen molar-refractivity contribution >= 4 is 29.9 Å². The average Bonchev–Trinajstić information content (AvgIpc) is 3.43. The third-order valence-corrected chi connectivity index (χ3v) is 4.71. The Kier molecular flexibility index (Phi) is 7.81. The first-order chi connectivity index (χ1) is 11.2. The van der Waals surface area contributed by atoms with Crippen LogP contribution >= 0.6 is 24.0 Å². The van der Waals surface area contributed by atoms with Crippen molar-refractivity contribution in [1.29, 1.82) is 0 Å². The van der Waals surface area contributed by atoms with Crippen LogP contribution in [0.15, 0.2) is 29.3 Å². The van der Waals surface area contributed by atoms with E-state index in [9.17, 15) is 0 Å². The third-order valence-electron chi connectivity index (χ3n) is 4.71. The van der Waals surface area contributed by atoms with Gasteiger partial charge in [0.2, 0.25) is 0 Å². The molecule has 0 unspecified atom stereocenters. The van der Waals surface area contributed by atoms with Gasteiger partial charge in [0.15, 0.2) is 5.96 Å². The van der Waals surface area contributed by atoms with E-state index in [1.54, 1.807) is 0 Å². The van der Waals surface area contributed by atoms with Gasteiger partial charge in [-0.05, 0) is 44.1 Å². The van der Waals surface area contributed by atoms with Crippen LogP contribution in [0.25, 0.3) is 0 Å².